The van der Waals surface area contributed by atoms with Crippen LogP contribution in [0.15, 0.2) is 41.6 Å². The predicted octanol–water partition coefficient (Wildman–Crippen LogP) is 2.10. The average molecular weight is 316 g/mol. The first-order valence-corrected chi connectivity index (χ1v) is 8.57. The van der Waals surface area contributed by atoms with Crippen LogP contribution in [0.4, 0.5) is 5.95 Å². The molecule has 1 aromatic carbocycles. The van der Waals surface area contributed by atoms with Crippen LogP contribution in [0, 0.1) is 0 Å². The van der Waals surface area contributed by atoms with Crippen LogP contribution >= 0.6 is 11.8 Å². The second-order valence-electron chi connectivity index (χ2n) is 5.35. The molecule has 0 unspecified atom stereocenters. The fraction of sp³-hybridized carbons (Fsp3) is 0.375. The van der Waals surface area contributed by atoms with Crippen molar-refractivity contribution in [2.75, 3.05) is 37.3 Å². The Balaban J connectivity index is 1.63. The molecule has 0 N–H and O–H groups in total. The Morgan fingerprint density at radius 1 is 1.14 bits per heavy atom. The van der Waals surface area contributed by atoms with Gasteiger partial charge in [-0.15, -0.1) is 11.8 Å². The zero-order valence-corrected chi connectivity index (χ0v) is 13.7. The Bertz CT molecular complexity index is 644. The molecule has 0 saturated carbocycles. The third-order valence-electron chi connectivity index (χ3n) is 3.98. The Hall–Kier alpha value is -1.95. The van der Waals surface area contributed by atoms with Gasteiger partial charge >= 0.3 is 0 Å². The molecule has 1 saturated heterocycles. The van der Waals surface area contributed by atoms with E-state index >= 15 is 0 Å². The Labute approximate surface area is 134 Å². The van der Waals surface area contributed by atoms with Crippen molar-refractivity contribution in [1.82, 2.24) is 14.5 Å². The monoisotopic (exact) mass is 316 g/mol. The normalized spacial score (nSPS) is 15.2. The van der Waals surface area contributed by atoms with Crippen molar-refractivity contribution in [3.63, 3.8) is 0 Å². The van der Waals surface area contributed by atoms with Gasteiger partial charge in [0, 0.05) is 56.1 Å². The van der Waals surface area contributed by atoms with E-state index in [4.69, 9.17) is 0 Å². The summed E-state index contributed by atoms with van der Waals surface area (Å²) in [5.41, 5.74) is 0.767. The Morgan fingerprint density at radius 3 is 2.36 bits per heavy atom. The van der Waals surface area contributed by atoms with Crippen LogP contribution in [0.1, 0.15) is 10.4 Å². The van der Waals surface area contributed by atoms with Gasteiger partial charge in [0.1, 0.15) is 0 Å². The molecule has 1 aromatic heterocycles. The number of amides is 1. The first kappa shape index (κ1) is 15.0. The van der Waals surface area contributed by atoms with Gasteiger partial charge < -0.3 is 14.4 Å². The molecule has 0 bridgehead atoms. The topological polar surface area (TPSA) is 41.4 Å². The van der Waals surface area contributed by atoms with Crippen LogP contribution in [0.3, 0.4) is 0 Å². The van der Waals surface area contributed by atoms with Gasteiger partial charge in [-0.3, -0.25) is 4.79 Å². The number of carbonyl (C=O) groups excluding carboxylic acids is 1. The number of imidazole rings is 1. The summed E-state index contributed by atoms with van der Waals surface area (Å²) in [6, 6.07) is 7.84. The predicted molar refractivity (Wildman–Crippen MR) is 89.5 cm³/mol. The molecule has 1 amide bonds. The smallest absolute Gasteiger partial charge is 0.253 e. The van der Waals surface area contributed by atoms with E-state index in [0.717, 1.165) is 37.7 Å². The summed E-state index contributed by atoms with van der Waals surface area (Å²) in [4.78, 5) is 22.2. The number of aromatic nitrogens is 2. The second-order valence-corrected chi connectivity index (χ2v) is 6.23. The number of thioether (sulfide) groups is 1. The van der Waals surface area contributed by atoms with E-state index in [1.165, 1.54) is 4.90 Å². The van der Waals surface area contributed by atoms with Gasteiger partial charge in [-0.2, -0.15) is 0 Å². The van der Waals surface area contributed by atoms with E-state index < -0.39 is 0 Å². The van der Waals surface area contributed by atoms with Crippen LogP contribution in [0.5, 0.6) is 0 Å². The first-order chi connectivity index (χ1) is 10.7. The summed E-state index contributed by atoms with van der Waals surface area (Å²) in [7, 11) is 1.99. The Morgan fingerprint density at radius 2 is 1.82 bits per heavy atom. The lowest BCUT2D eigenvalue weighted by Gasteiger charge is -2.35. The molecule has 1 aliphatic heterocycles. The van der Waals surface area contributed by atoms with Crippen LogP contribution in [-0.2, 0) is 7.05 Å². The van der Waals surface area contributed by atoms with Gasteiger partial charge in [-0.05, 0) is 30.5 Å². The SMILES string of the molecule is CSc1ccc(C(=O)N2CCN(c3nccn3C)CC2)cc1. The van der Waals surface area contributed by atoms with Crippen molar-refractivity contribution in [3.05, 3.63) is 42.2 Å². The number of hydrogen-bond donors (Lipinski definition) is 0. The van der Waals surface area contributed by atoms with E-state index in [0.29, 0.717) is 0 Å². The van der Waals surface area contributed by atoms with Gasteiger partial charge in [0.05, 0.1) is 0 Å². The van der Waals surface area contributed by atoms with Crippen LogP contribution < -0.4 is 4.90 Å². The molecule has 3 rings (SSSR count). The molecular formula is C16H20N4OS. The van der Waals surface area contributed by atoms with E-state index in [-0.39, 0.29) is 5.91 Å². The highest BCUT2D eigenvalue weighted by Gasteiger charge is 2.23. The quantitative estimate of drug-likeness (QED) is 0.813. The van der Waals surface area contributed by atoms with E-state index in [2.05, 4.69) is 9.88 Å². The van der Waals surface area contributed by atoms with Crippen LogP contribution in [0.25, 0.3) is 0 Å². The van der Waals surface area contributed by atoms with Gasteiger partial charge in [0.15, 0.2) is 0 Å². The van der Waals surface area contributed by atoms with Gasteiger partial charge in [0.25, 0.3) is 5.91 Å². The minimum absolute atomic E-state index is 0.118. The maximum absolute atomic E-state index is 12.5. The lowest BCUT2D eigenvalue weighted by Crippen LogP contribution is -2.49. The molecule has 0 spiro atoms. The lowest BCUT2D eigenvalue weighted by atomic mass is 10.2. The maximum atomic E-state index is 12.5. The number of nitrogens with zero attached hydrogens (tertiary/aromatic N) is 4. The third kappa shape index (κ3) is 2.97. The fourth-order valence-corrected chi connectivity index (χ4v) is 3.10. The molecule has 5 nitrogen and oxygen atoms in total. The van der Waals surface area contributed by atoms with Crippen LogP contribution in [0.2, 0.25) is 0 Å². The van der Waals surface area contributed by atoms with Crippen molar-refractivity contribution in [1.29, 1.82) is 0 Å². The second kappa shape index (κ2) is 6.44. The molecule has 0 atom stereocenters. The molecule has 2 aromatic rings. The van der Waals surface area contributed by atoms with Crippen molar-refractivity contribution in [3.8, 4) is 0 Å². The fourth-order valence-electron chi connectivity index (χ4n) is 2.69. The summed E-state index contributed by atoms with van der Waals surface area (Å²) in [6.07, 6.45) is 5.79. The average Bonchev–Trinajstić information content (AvgIpc) is 3.00. The highest BCUT2D eigenvalue weighted by molar-refractivity contribution is 7.98. The summed E-state index contributed by atoms with van der Waals surface area (Å²) >= 11 is 1.68. The minimum Gasteiger partial charge on any atom is -0.339 e. The highest BCUT2D eigenvalue weighted by Crippen LogP contribution is 2.18. The van der Waals surface area contributed by atoms with Crippen molar-refractivity contribution in [2.45, 2.75) is 4.90 Å². The molecule has 22 heavy (non-hydrogen) atoms. The zero-order valence-electron chi connectivity index (χ0n) is 12.9. The number of carbonyl (C=O) groups is 1. The van der Waals surface area contributed by atoms with Crippen molar-refractivity contribution >= 4 is 23.6 Å². The molecule has 1 aliphatic rings. The molecular weight excluding hydrogens is 296 g/mol. The molecule has 0 radical (unpaired) electrons. The summed E-state index contributed by atoms with van der Waals surface area (Å²) in [6.45, 7) is 3.10. The minimum atomic E-state index is 0.118. The van der Waals surface area contributed by atoms with Gasteiger partial charge in [0.2, 0.25) is 5.95 Å². The highest BCUT2D eigenvalue weighted by atomic mass is 32.2. The van der Waals surface area contributed by atoms with Crippen LogP contribution in [-0.4, -0.2) is 52.8 Å². The van der Waals surface area contributed by atoms with Gasteiger partial charge in [-0.25, -0.2) is 4.98 Å². The molecule has 1 fully saturated rings. The number of hydrogen-bond acceptors (Lipinski definition) is 4. The molecule has 116 valence electrons. The summed E-state index contributed by atoms with van der Waals surface area (Å²) in [5.74, 6) is 1.09. The number of aryl methyl sites for hydroxylation is 1. The van der Waals surface area contributed by atoms with Crippen molar-refractivity contribution < 1.29 is 4.79 Å². The van der Waals surface area contributed by atoms with E-state index in [1.807, 2.05) is 53.2 Å². The summed E-state index contributed by atoms with van der Waals surface area (Å²) < 4.78 is 2.01. The van der Waals surface area contributed by atoms with Crippen molar-refractivity contribution in [2.24, 2.45) is 7.05 Å². The number of piperazine rings is 1. The zero-order chi connectivity index (χ0) is 15.5. The largest absolute Gasteiger partial charge is 0.339 e. The Kier molecular flexibility index (Phi) is 4.38. The molecule has 6 heteroatoms. The number of rotatable bonds is 3. The first-order valence-electron chi connectivity index (χ1n) is 7.34. The standard InChI is InChI=1S/C16H20N4OS/c1-18-8-7-17-16(18)20-11-9-19(10-12-20)15(21)13-3-5-14(22-2)6-4-13/h3-8H,9-12H2,1-2H3. The van der Waals surface area contributed by atoms with E-state index in [9.17, 15) is 4.79 Å². The lowest BCUT2D eigenvalue weighted by molar-refractivity contribution is 0.0746. The third-order valence-corrected chi connectivity index (χ3v) is 4.73. The summed E-state index contributed by atoms with van der Waals surface area (Å²) in [5, 5.41) is 0. The molecule has 2 heterocycles. The molecule has 0 aliphatic carbocycles. The number of anilines is 1. The van der Waals surface area contributed by atoms with Gasteiger partial charge in [-0.1, -0.05) is 0 Å². The maximum Gasteiger partial charge on any atom is 0.253 e. The van der Waals surface area contributed by atoms with E-state index in [1.54, 1.807) is 18.0 Å². The number of benzene rings is 1.